The maximum atomic E-state index is 11.8. The summed E-state index contributed by atoms with van der Waals surface area (Å²) in [5.41, 5.74) is 1.30. The maximum Gasteiger partial charge on any atom is 0.233 e. The van der Waals surface area contributed by atoms with Gasteiger partial charge in [-0.3, -0.25) is 4.72 Å². The van der Waals surface area contributed by atoms with Crippen molar-refractivity contribution < 1.29 is 21.9 Å². The SMILES string of the molecule is CS(=O)(=O)CCS(=O)(=O)Nc1cccc(CCCO)c1. The monoisotopic (exact) mass is 321 g/mol. The number of hydrogen-bond acceptors (Lipinski definition) is 5. The Labute approximate surface area is 119 Å². The molecule has 8 heteroatoms. The topological polar surface area (TPSA) is 101 Å². The smallest absolute Gasteiger partial charge is 0.233 e. The summed E-state index contributed by atoms with van der Waals surface area (Å²) in [4.78, 5) is 0. The fraction of sp³-hybridized carbons (Fsp3) is 0.500. The van der Waals surface area contributed by atoms with Crippen LogP contribution in [-0.2, 0) is 26.3 Å². The van der Waals surface area contributed by atoms with Crippen molar-refractivity contribution in [2.75, 3.05) is 29.1 Å². The first kappa shape index (κ1) is 16.9. The molecule has 2 N–H and O–H groups in total. The van der Waals surface area contributed by atoms with Gasteiger partial charge in [-0.05, 0) is 30.5 Å². The van der Waals surface area contributed by atoms with Crippen molar-refractivity contribution in [1.29, 1.82) is 0 Å². The van der Waals surface area contributed by atoms with Crippen molar-refractivity contribution in [3.8, 4) is 0 Å². The third-order valence-electron chi connectivity index (χ3n) is 2.55. The Kier molecular flexibility index (Phi) is 5.97. The molecule has 0 heterocycles. The summed E-state index contributed by atoms with van der Waals surface area (Å²) in [6.45, 7) is 0.0737. The number of sulfone groups is 1. The zero-order valence-corrected chi connectivity index (χ0v) is 12.9. The van der Waals surface area contributed by atoms with Crippen LogP contribution in [-0.4, -0.2) is 46.3 Å². The highest BCUT2D eigenvalue weighted by atomic mass is 32.2. The molecule has 0 aliphatic heterocycles. The third-order valence-corrected chi connectivity index (χ3v) is 5.04. The van der Waals surface area contributed by atoms with Crippen molar-refractivity contribution in [1.82, 2.24) is 0 Å². The fourth-order valence-electron chi connectivity index (χ4n) is 1.57. The normalized spacial score (nSPS) is 12.3. The van der Waals surface area contributed by atoms with Crippen molar-refractivity contribution in [3.05, 3.63) is 29.8 Å². The number of aryl methyl sites for hydroxylation is 1. The minimum absolute atomic E-state index is 0.0737. The molecule has 0 unspecified atom stereocenters. The second-order valence-corrected chi connectivity index (χ2v) is 8.68. The molecular weight excluding hydrogens is 302 g/mol. The number of rotatable bonds is 8. The van der Waals surface area contributed by atoms with Crippen LogP contribution in [0.3, 0.4) is 0 Å². The molecule has 0 saturated heterocycles. The van der Waals surface area contributed by atoms with E-state index in [0.717, 1.165) is 11.8 Å². The molecule has 0 radical (unpaired) electrons. The molecule has 20 heavy (non-hydrogen) atoms. The lowest BCUT2D eigenvalue weighted by atomic mass is 10.1. The average molecular weight is 321 g/mol. The Morgan fingerprint density at radius 2 is 1.85 bits per heavy atom. The van der Waals surface area contributed by atoms with Crippen LogP contribution in [0.1, 0.15) is 12.0 Å². The molecule has 6 nitrogen and oxygen atoms in total. The van der Waals surface area contributed by atoms with E-state index in [-0.39, 0.29) is 6.61 Å². The standard InChI is InChI=1S/C12H19NO5S2/c1-19(15,16)8-9-20(17,18)13-12-6-2-4-11(10-12)5-3-7-14/h2,4,6,10,13-14H,3,5,7-9H2,1H3. The number of benzene rings is 1. The second kappa shape index (κ2) is 7.05. The fourth-order valence-corrected chi connectivity index (χ4v) is 4.24. The van der Waals surface area contributed by atoms with Crippen molar-refractivity contribution in [2.24, 2.45) is 0 Å². The van der Waals surface area contributed by atoms with Gasteiger partial charge in [-0.15, -0.1) is 0 Å². The molecule has 1 aromatic rings. The molecule has 0 spiro atoms. The van der Waals surface area contributed by atoms with Gasteiger partial charge in [0.05, 0.1) is 11.5 Å². The Morgan fingerprint density at radius 1 is 1.15 bits per heavy atom. The summed E-state index contributed by atoms with van der Waals surface area (Å²) in [5, 5.41) is 8.76. The van der Waals surface area contributed by atoms with Crippen LogP contribution in [0.2, 0.25) is 0 Å². The second-order valence-electron chi connectivity index (χ2n) is 4.58. The van der Waals surface area contributed by atoms with Gasteiger partial charge >= 0.3 is 0 Å². The Morgan fingerprint density at radius 3 is 2.45 bits per heavy atom. The number of hydrogen-bond donors (Lipinski definition) is 2. The summed E-state index contributed by atoms with van der Waals surface area (Å²) in [7, 11) is -7.00. The van der Waals surface area contributed by atoms with Gasteiger partial charge in [0.2, 0.25) is 10.0 Å². The van der Waals surface area contributed by atoms with Crippen LogP contribution in [0.4, 0.5) is 5.69 Å². The lowest BCUT2D eigenvalue weighted by Crippen LogP contribution is -2.22. The van der Waals surface area contributed by atoms with E-state index in [1.165, 1.54) is 0 Å². The van der Waals surface area contributed by atoms with E-state index in [9.17, 15) is 16.8 Å². The molecule has 0 aliphatic rings. The number of anilines is 1. The van der Waals surface area contributed by atoms with Crippen molar-refractivity contribution in [3.63, 3.8) is 0 Å². The number of aliphatic hydroxyl groups is 1. The van der Waals surface area contributed by atoms with Gasteiger partial charge in [0.1, 0.15) is 9.84 Å². The van der Waals surface area contributed by atoms with Crippen LogP contribution in [0.15, 0.2) is 24.3 Å². The molecule has 114 valence electrons. The molecule has 0 amide bonds. The largest absolute Gasteiger partial charge is 0.396 e. The van der Waals surface area contributed by atoms with Gasteiger partial charge in [-0.25, -0.2) is 16.8 Å². The van der Waals surface area contributed by atoms with E-state index in [1.807, 2.05) is 6.07 Å². The van der Waals surface area contributed by atoms with E-state index in [4.69, 9.17) is 5.11 Å². The highest BCUT2D eigenvalue weighted by Gasteiger charge is 2.14. The summed E-state index contributed by atoms with van der Waals surface area (Å²) >= 11 is 0. The molecule has 0 saturated carbocycles. The lowest BCUT2D eigenvalue weighted by molar-refractivity contribution is 0.288. The van der Waals surface area contributed by atoms with E-state index < -0.39 is 31.4 Å². The minimum Gasteiger partial charge on any atom is -0.396 e. The molecule has 1 rings (SSSR count). The average Bonchev–Trinajstić information content (AvgIpc) is 2.33. The quantitative estimate of drug-likeness (QED) is 0.722. The zero-order valence-electron chi connectivity index (χ0n) is 11.2. The number of nitrogens with one attached hydrogen (secondary N) is 1. The molecular formula is C12H19NO5S2. The maximum absolute atomic E-state index is 11.8. The van der Waals surface area contributed by atoms with Crippen LogP contribution >= 0.6 is 0 Å². The van der Waals surface area contributed by atoms with Crippen LogP contribution in [0.25, 0.3) is 0 Å². The van der Waals surface area contributed by atoms with Crippen molar-refractivity contribution in [2.45, 2.75) is 12.8 Å². The van der Waals surface area contributed by atoms with Gasteiger partial charge in [0, 0.05) is 18.6 Å². The Balaban J connectivity index is 2.72. The summed E-state index contributed by atoms with van der Waals surface area (Å²) in [6, 6.07) is 6.82. The lowest BCUT2D eigenvalue weighted by Gasteiger charge is -2.09. The highest BCUT2D eigenvalue weighted by Crippen LogP contribution is 2.14. The highest BCUT2D eigenvalue weighted by molar-refractivity contribution is 7.95. The van der Waals surface area contributed by atoms with Gasteiger partial charge in [-0.1, -0.05) is 12.1 Å². The van der Waals surface area contributed by atoms with E-state index >= 15 is 0 Å². The number of aliphatic hydroxyl groups excluding tert-OH is 1. The summed E-state index contributed by atoms with van der Waals surface area (Å²) in [5.74, 6) is -0.876. The van der Waals surface area contributed by atoms with Gasteiger partial charge in [0.15, 0.2) is 0 Å². The summed E-state index contributed by atoms with van der Waals surface area (Å²) < 4.78 is 47.8. The van der Waals surface area contributed by atoms with E-state index in [1.54, 1.807) is 18.2 Å². The van der Waals surface area contributed by atoms with Crippen LogP contribution in [0, 0.1) is 0 Å². The first-order valence-corrected chi connectivity index (χ1v) is 9.81. The third kappa shape index (κ3) is 6.88. The van der Waals surface area contributed by atoms with Crippen LogP contribution in [0.5, 0.6) is 0 Å². The van der Waals surface area contributed by atoms with Crippen molar-refractivity contribution >= 4 is 25.5 Å². The molecule has 0 aliphatic carbocycles. The first-order valence-electron chi connectivity index (χ1n) is 6.10. The van der Waals surface area contributed by atoms with E-state index in [0.29, 0.717) is 18.5 Å². The molecule has 0 atom stereocenters. The number of sulfonamides is 1. The molecule has 0 bridgehead atoms. The van der Waals surface area contributed by atoms with Gasteiger partial charge in [0.25, 0.3) is 0 Å². The molecule has 0 aromatic heterocycles. The van der Waals surface area contributed by atoms with E-state index in [2.05, 4.69) is 4.72 Å². The summed E-state index contributed by atoms with van der Waals surface area (Å²) in [6.07, 6.45) is 2.25. The Bertz CT molecular complexity index is 638. The van der Waals surface area contributed by atoms with Gasteiger partial charge < -0.3 is 5.11 Å². The predicted molar refractivity (Wildman–Crippen MR) is 79.0 cm³/mol. The Hall–Kier alpha value is -1.12. The minimum atomic E-state index is -3.68. The zero-order chi connectivity index (χ0) is 15.2. The van der Waals surface area contributed by atoms with Gasteiger partial charge in [-0.2, -0.15) is 0 Å². The van der Waals surface area contributed by atoms with Crippen LogP contribution < -0.4 is 4.72 Å². The first-order chi connectivity index (χ1) is 9.22. The molecule has 1 aromatic carbocycles. The molecule has 0 fully saturated rings. The predicted octanol–water partition coefficient (Wildman–Crippen LogP) is 0.398.